The number of nitrogens with zero attached hydrogens (tertiary/aromatic N) is 2. The highest BCUT2D eigenvalue weighted by atomic mass is 79.9. The van der Waals surface area contributed by atoms with Crippen LogP contribution in [0.4, 0.5) is 0 Å². The van der Waals surface area contributed by atoms with Crippen LogP contribution in [0.3, 0.4) is 0 Å². The molecule has 0 amide bonds. The summed E-state index contributed by atoms with van der Waals surface area (Å²) in [7, 11) is 1.64. The van der Waals surface area contributed by atoms with Crippen molar-refractivity contribution in [3.63, 3.8) is 0 Å². The number of hydrogen-bond donors (Lipinski definition) is 0. The summed E-state index contributed by atoms with van der Waals surface area (Å²) in [5, 5.41) is 4.16. The number of carbonyl (C=O) groups excluding carboxylic acids is 1. The molecule has 0 saturated carbocycles. The summed E-state index contributed by atoms with van der Waals surface area (Å²) in [6, 6.07) is 0. The molecular weight excluding hydrogens is 304 g/mol. The van der Waals surface area contributed by atoms with E-state index in [-0.39, 0.29) is 5.78 Å². The molecule has 0 atom stereocenters. The monoisotopic (exact) mass is 320 g/mol. The first-order valence-electron chi connectivity index (χ1n) is 5.51. The van der Waals surface area contributed by atoms with Crippen molar-refractivity contribution >= 4 is 33.5 Å². The second kappa shape index (κ2) is 7.89. The Morgan fingerprint density at radius 3 is 3.06 bits per heavy atom. The van der Waals surface area contributed by atoms with Crippen LogP contribution in [0.2, 0.25) is 0 Å². The summed E-state index contributed by atoms with van der Waals surface area (Å²) >= 11 is 5.02. The molecule has 0 radical (unpaired) electrons. The van der Waals surface area contributed by atoms with Gasteiger partial charge < -0.3 is 4.74 Å². The van der Waals surface area contributed by atoms with E-state index in [2.05, 4.69) is 28.0 Å². The van der Waals surface area contributed by atoms with E-state index in [1.807, 2.05) is 0 Å². The predicted molar refractivity (Wildman–Crippen MR) is 73.7 cm³/mol. The minimum Gasteiger partial charge on any atom is -0.383 e. The summed E-state index contributed by atoms with van der Waals surface area (Å²) in [6.45, 7) is 3.26. The molecule has 0 saturated heterocycles. The van der Waals surface area contributed by atoms with Gasteiger partial charge in [0.2, 0.25) is 0 Å². The van der Waals surface area contributed by atoms with Gasteiger partial charge in [-0.1, -0.05) is 6.92 Å². The standard InChI is InChI=1S/C11H17BrN2O2S/c1-3-6-17-8-10(15)11-9(12)7-13-14(11)4-5-16-2/h7H,3-6,8H2,1-2H3. The van der Waals surface area contributed by atoms with Gasteiger partial charge in [0.15, 0.2) is 5.78 Å². The number of aromatic nitrogens is 2. The number of Topliss-reactive ketones (excluding diaryl/α,β-unsaturated/α-hetero) is 1. The molecule has 1 aromatic heterocycles. The van der Waals surface area contributed by atoms with Gasteiger partial charge in [-0.15, -0.1) is 0 Å². The van der Waals surface area contributed by atoms with E-state index in [1.54, 1.807) is 29.8 Å². The van der Waals surface area contributed by atoms with Crippen LogP contribution in [0.5, 0.6) is 0 Å². The van der Waals surface area contributed by atoms with Gasteiger partial charge in [0.1, 0.15) is 5.69 Å². The smallest absolute Gasteiger partial charge is 0.191 e. The molecular formula is C11H17BrN2O2S. The highest BCUT2D eigenvalue weighted by Gasteiger charge is 2.16. The maximum Gasteiger partial charge on any atom is 0.191 e. The van der Waals surface area contributed by atoms with Gasteiger partial charge >= 0.3 is 0 Å². The van der Waals surface area contributed by atoms with Crippen molar-refractivity contribution in [2.75, 3.05) is 25.2 Å². The Bertz CT molecular complexity index is 368. The Balaban J connectivity index is 2.66. The molecule has 0 aliphatic heterocycles. The van der Waals surface area contributed by atoms with E-state index in [1.165, 1.54) is 0 Å². The average Bonchev–Trinajstić information content (AvgIpc) is 2.68. The summed E-state index contributed by atoms with van der Waals surface area (Å²) in [5.74, 6) is 1.63. The predicted octanol–water partition coefficient (Wildman–Crippen LogP) is 2.62. The quantitative estimate of drug-likeness (QED) is 0.545. The Morgan fingerprint density at radius 1 is 1.65 bits per heavy atom. The van der Waals surface area contributed by atoms with Crippen LogP contribution < -0.4 is 0 Å². The van der Waals surface area contributed by atoms with E-state index >= 15 is 0 Å². The normalized spacial score (nSPS) is 10.8. The zero-order valence-electron chi connectivity index (χ0n) is 10.1. The molecule has 0 aliphatic carbocycles. The van der Waals surface area contributed by atoms with Gasteiger partial charge in [-0.3, -0.25) is 9.48 Å². The number of methoxy groups -OCH3 is 1. The average molecular weight is 321 g/mol. The number of thioether (sulfide) groups is 1. The van der Waals surface area contributed by atoms with Crippen molar-refractivity contribution in [3.8, 4) is 0 Å². The van der Waals surface area contributed by atoms with E-state index in [0.717, 1.165) is 16.6 Å². The highest BCUT2D eigenvalue weighted by molar-refractivity contribution is 9.10. The van der Waals surface area contributed by atoms with Gasteiger partial charge in [0, 0.05) is 7.11 Å². The van der Waals surface area contributed by atoms with Crippen LogP contribution >= 0.6 is 27.7 Å². The van der Waals surface area contributed by atoms with Gasteiger partial charge in [-0.25, -0.2) is 0 Å². The molecule has 1 aromatic rings. The van der Waals surface area contributed by atoms with Crippen molar-refractivity contribution in [3.05, 3.63) is 16.4 Å². The first-order chi connectivity index (χ1) is 8.20. The minimum atomic E-state index is 0.115. The number of carbonyl (C=O) groups is 1. The SMILES string of the molecule is CCCSCC(=O)c1c(Br)cnn1CCOC. The number of rotatable bonds is 8. The van der Waals surface area contributed by atoms with Crippen molar-refractivity contribution in [1.82, 2.24) is 9.78 Å². The van der Waals surface area contributed by atoms with Crippen LogP contribution in [-0.2, 0) is 11.3 Å². The molecule has 96 valence electrons. The molecule has 4 nitrogen and oxygen atoms in total. The molecule has 0 aliphatic rings. The topological polar surface area (TPSA) is 44.1 Å². The first-order valence-corrected chi connectivity index (χ1v) is 7.46. The fourth-order valence-electron chi connectivity index (χ4n) is 1.36. The maximum atomic E-state index is 12.0. The van der Waals surface area contributed by atoms with Crippen molar-refractivity contribution in [2.45, 2.75) is 19.9 Å². The summed E-state index contributed by atoms with van der Waals surface area (Å²) in [6.07, 6.45) is 2.75. The summed E-state index contributed by atoms with van der Waals surface area (Å²) in [4.78, 5) is 12.0. The van der Waals surface area contributed by atoms with Gasteiger partial charge in [-0.05, 0) is 28.1 Å². The van der Waals surface area contributed by atoms with Crippen molar-refractivity contribution < 1.29 is 9.53 Å². The van der Waals surface area contributed by atoms with E-state index < -0.39 is 0 Å². The second-order valence-electron chi connectivity index (χ2n) is 3.53. The Labute approximate surface area is 114 Å². The van der Waals surface area contributed by atoms with E-state index in [0.29, 0.717) is 24.6 Å². The zero-order valence-corrected chi connectivity index (χ0v) is 12.5. The Kier molecular flexibility index (Phi) is 6.84. The molecule has 0 unspecified atom stereocenters. The molecule has 1 heterocycles. The second-order valence-corrected chi connectivity index (χ2v) is 5.49. The first kappa shape index (κ1) is 14.7. The zero-order chi connectivity index (χ0) is 12.7. The van der Waals surface area contributed by atoms with Crippen LogP contribution in [0.25, 0.3) is 0 Å². The third-order valence-electron chi connectivity index (χ3n) is 2.15. The van der Waals surface area contributed by atoms with Crippen LogP contribution in [0.1, 0.15) is 23.8 Å². The minimum absolute atomic E-state index is 0.115. The molecule has 6 heteroatoms. The Hall–Kier alpha value is -0.330. The van der Waals surface area contributed by atoms with E-state index in [4.69, 9.17) is 4.74 Å². The van der Waals surface area contributed by atoms with Crippen molar-refractivity contribution in [2.24, 2.45) is 0 Å². The van der Waals surface area contributed by atoms with Crippen LogP contribution in [0.15, 0.2) is 10.7 Å². The Morgan fingerprint density at radius 2 is 2.41 bits per heavy atom. The maximum absolute atomic E-state index is 12.0. The van der Waals surface area contributed by atoms with Crippen LogP contribution in [-0.4, -0.2) is 40.8 Å². The summed E-state index contributed by atoms with van der Waals surface area (Å²) < 4.78 is 7.45. The lowest BCUT2D eigenvalue weighted by atomic mass is 10.3. The molecule has 0 N–H and O–H groups in total. The number of ketones is 1. The molecule has 1 rings (SSSR count). The molecule has 0 bridgehead atoms. The summed E-state index contributed by atoms with van der Waals surface area (Å²) in [5.41, 5.74) is 0.644. The third-order valence-corrected chi connectivity index (χ3v) is 3.89. The molecule has 0 fully saturated rings. The fourth-order valence-corrected chi connectivity index (χ4v) is 2.64. The molecule has 0 spiro atoms. The van der Waals surface area contributed by atoms with Crippen LogP contribution in [0, 0.1) is 0 Å². The van der Waals surface area contributed by atoms with Crippen molar-refractivity contribution in [1.29, 1.82) is 0 Å². The number of ether oxygens (including phenoxy) is 1. The third kappa shape index (κ3) is 4.44. The van der Waals surface area contributed by atoms with Gasteiger partial charge in [0.25, 0.3) is 0 Å². The van der Waals surface area contributed by atoms with Gasteiger partial charge in [-0.2, -0.15) is 16.9 Å². The molecule has 0 aromatic carbocycles. The highest BCUT2D eigenvalue weighted by Crippen LogP contribution is 2.18. The largest absolute Gasteiger partial charge is 0.383 e. The lowest BCUT2D eigenvalue weighted by Crippen LogP contribution is -2.15. The number of hydrogen-bond acceptors (Lipinski definition) is 4. The van der Waals surface area contributed by atoms with E-state index in [9.17, 15) is 4.79 Å². The lowest BCUT2D eigenvalue weighted by Gasteiger charge is -2.06. The molecule has 17 heavy (non-hydrogen) atoms. The van der Waals surface area contributed by atoms with Gasteiger partial charge in [0.05, 0.1) is 29.6 Å². The lowest BCUT2D eigenvalue weighted by molar-refractivity contribution is 0.100. The fraction of sp³-hybridized carbons (Fsp3) is 0.636. The number of halogens is 1.